The standard InChI is InChI=1S/C23H18ClFN2O4S/c24-32(30,31)19-12-10-18(11-13-19)26-22(29)23(14-20(23)15-4-2-1-3-5-15)27-21(28)16-6-8-17(25)9-7-16/h1-13,20H,14H2,(H,26,29)(H,27,28)/t20-,23+/m1/s1. The highest BCUT2D eigenvalue weighted by Crippen LogP contribution is 2.52. The molecular formula is C23H18ClFN2O4S. The molecule has 1 aliphatic rings. The predicted molar refractivity (Wildman–Crippen MR) is 119 cm³/mol. The van der Waals surface area contributed by atoms with Crippen molar-refractivity contribution in [3.8, 4) is 0 Å². The number of amides is 2. The van der Waals surface area contributed by atoms with Gasteiger partial charge in [-0.3, -0.25) is 9.59 Å². The van der Waals surface area contributed by atoms with Gasteiger partial charge in [0.2, 0.25) is 0 Å². The highest BCUT2D eigenvalue weighted by Gasteiger charge is 2.61. The molecule has 9 heteroatoms. The molecular weight excluding hydrogens is 455 g/mol. The molecule has 0 bridgehead atoms. The largest absolute Gasteiger partial charge is 0.337 e. The molecule has 0 heterocycles. The Balaban J connectivity index is 1.59. The Morgan fingerprint density at radius 3 is 2.16 bits per heavy atom. The second kappa shape index (κ2) is 8.37. The van der Waals surface area contributed by atoms with Crippen molar-refractivity contribution in [1.29, 1.82) is 0 Å². The first-order chi connectivity index (χ1) is 15.2. The molecule has 2 N–H and O–H groups in total. The molecule has 1 saturated carbocycles. The minimum Gasteiger partial charge on any atom is -0.337 e. The van der Waals surface area contributed by atoms with Gasteiger partial charge in [-0.2, -0.15) is 0 Å². The van der Waals surface area contributed by atoms with Gasteiger partial charge in [-0.05, 0) is 60.5 Å². The van der Waals surface area contributed by atoms with Crippen LogP contribution in [-0.2, 0) is 13.8 Å². The van der Waals surface area contributed by atoms with Crippen LogP contribution < -0.4 is 10.6 Å². The number of benzene rings is 3. The molecule has 0 unspecified atom stereocenters. The van der Waals surface area contributed by atoms with E-state index >= 15 is 0 Å². The number of carbonyl (C=O) groups excluding carboxylic acids is 2. The van der Waals surface area contributed by atoms with Crippen molar-refractivity contribution in [2.75, 3.05) is 5.32 Å². The maximum Gasteiger partial charge on any atom is 0.261 e. The van der Waals surface area contributed by atoms with Crippen molar-refractivity contribution < 1.29 is 22.4 Å². The maximum absolute atomic E-state index is 13.3. The zero-order valence-corrected chi connectivity index (χ0v) is 18.2. The third-order valence-corrected chi connectivity index (χ3v) is 6.77. The first-order valence-corrected chi connectivity index (χ1v) is 12.0. The van der Waals surface area contributed by atoms with E-state index in [2.05, 4.69) is 10.6 Å². The van der Waals surface area contributed by atoms with Crippen LogP contribution in [0.3, 0.4) is 0 Å². The Hall–Kier alpha value is -3.23. The Labute approximate surface area is 188 Å². The van der Waals surface area contributed by atoms with Crippen LogP contribution in [0.5, 0.6) is 0 Å². The van der Waals surface area contributed by atoms with Gasteiger partial charge < -0.3 is 10.6 Å². The van der Waals surface area contributed by atoms with Gasteiger partial charge in [-0.25, -0.2) is 12.8 Å². The second-order valence-electron chi connectivity index (χ2n) is 7.52. The van der Waals surface area contributed by atoms with Gasteiger partial charge in [-0.15, -0.1) is 0 Å². The van der Waals surface area contributed by atoms with Crippen molar-refractivity contribution in [3.05, 3.63) is 95.8 Å². The molecule has 0 radical (unpaired) electrons. The lowest BCUT2D eigenvalue weighted by Crippen LogP contribution is -2.47. The SMILES string of the molecule is O=C(N[C@@]1(C(=O)Nc2ccc(S(=O)(=O)Cl)cc2)C[C@@H]1c1ccccc1)c1ccc(F)cc1. The highest BCUT2D eigenvalue weighted by molar-refractivity contribution is 8.13. The van der Waals surface area contributed by atoms with Crippen LogP contribution in [0.1, 0.15) is 28.3 Å². The van der Waals surface area contributed by atoms with Crippen LogP contribution in [-0.4, -0.2) is 25.8 Å². The highest BCUT2D eigenvalue weighted by atomic mass is 35.7. The molecule has 2 atom stereocenters. The Kier molecular flexibility index (Phi) is 5.75. The first kappa shape index (κ1) is 22.0. The van der Waals surface area contributed by atoms with Gasteiger partial charge in [0.05, 0.1) is 4.90 Å². The van der Waals surface area contributed by atoms with E-state index in [1.165, 1.54) is 48.5 Å². The first-order valence-electron chi connectivity index (χ1n) is 9.68. The monoisotopic (exact) mass is 472 g/mol. The molecule has 4 rings (SSSR count). The van der Waals surface area contributed by atoms with E-state index in [4.69, 9.17) is 10.7 Å². The number of hydrogen-bond acceptors (Lipinski definition) is 4. The van der Waals surface area contributed by atoms with Crippen molar-refractivity contribution in [3.63, 3.8) is 0 Å². The molecule has 1 fully saturated rings. The van der Waals surface area contributed by atoms with Gasteiger partial charge in [0, 0.05) is 27.9 Å². The quantitative estimate of drug-likeness (QED) is 0.529. The van der Waals surface area contributed by atoms with Gasteiger partial charge >= 0.3 is 0 Å². The van der Waals surface area contributed by atoms with Gasteiger partial charge in [0.1, 0.15) is 11.4 Å². The fourth-order valence-corrected chi connectivity index (χ4v) is 4.39. The summed E-state index contributed by atoms with van der Waals surface area (Å²) >= 11 is 0. The van der Waals surface area contributed by atoms with E-state index < -0.39 is 32.2 Å². The van der Waals surface area contributed by atoms with Crippen LogP contribution in [0.2, 0.25) is 0 Å². The minimum atomic E-state index is -3.88. The normalized spacial score (nSPS) is 19.8. The lowest BCUT2D eigenvalue weighted by molar-refractivity contribution is -0.119. The summed E-state index contributed by atoms with van der Waals surface area (Å²) in [6, 6.07) is 19.8. The molecule has 32 heavy (non-hydrogen) atoms. The molecule has 0 saturated heterocycles. The van der Waals surface area contributed by atoms with Crippen molar-refractivity contribution >= 4 is 37.2 Å². The molecule has 3 aromatic rings. The van der Waals surface area contributed by atoms with Crippen molar-refractivity contribution in [2.45, 2.75) is 22.8 Å². The lowest BCUT2D eigenvalue weighted by atomic mass is 10.0. The molecule has 3 aromatic carbocycles. The Bertz CT molecular complexity index is 1270. The van der Waals surface area contributed by atoms with Crippen LogP contribution in [0.15, 0.2) is 83.8 Å². The van der Waals surface area contributed by atoms with Crippen LogP contribution in [0.4, 0.5) is 10.1 Å². The number of hydrogen-bond donors (Lipinski definition) is 2. The van der Waals surface area contributed by atoms with Crippen molar-refractivity contribution in [2.24, 2.45) is 0 Å². The number of rotatable bonds is 6. The fourth-order valence-electron chi connectivity index (χ4n) is 3.62. The van der Waals surface area contributed by atoms with Crippen LogP contribution in [0, 0.1) is 5.82 Å². The Morgan fingerprint density at radius 1 is 0.938 bits per heavy atom. The van der Waals surface area contributed by atoms with E-state index in [1.807, 2.05) is 30.3 Å². The van der Waals surface area contributed by atoms with E-state index in [-0.39, 0.29) is 16.4 Å². The third-order valence-electron chi connectivity index (χ3n) is 5.40. The zero-order chi connectivity index (χ0) is 22.9. The van der Waals surface area contributed by atoms with Gasteiger partial charge in [0.15, 0.2) is 0 Å². The smallest absolute Gasteiger partial charge is 0.261 e. The summed E-state index contributed by atoms with van der Waals surface area (Å²) < 4.78 is 36.1. The average Bonchev–Trinajstić information content (AvgIpc) is 3.50. The maximum atomic E-state index is 13.3. The van der Waals surface area contributed by atoms with Gasteiger partial charge in [0.25, 0.3) is 20.9 Å². The minimum absolute atomic E-state index is 0.0925. The average molecular weight is 473 g/mol. The fraction of sp³-hybridized carbons (Fsp3) is 0.130. The van der Waals surface area contributed by atoms with Crippen LogP contribution >= 0.6 is 10.7 Å². The zero-order valence-electron chi connectivity index (χ0n) is 16.6. The second-order valence-corrected chi connectivity index (χ2v) is 10.1. The van der Waals surface area contributed by atoms with E-state index in [0.717, 1.165) is 5.56 Å². The topological polar surface area (TPSA) is 92.3 Å². The molecule has 6 nitrogen and oxygen atoms in total. The number of carbonyl (C=O) groups is 2. The molecule has 2 amide bonds. The number of halogens is 2. The summed E-state index contributed by atoms with van der Waals surface area (Å²) in [5, 5.41) is 5.55. The Morgan fingerprint density at radius 2 is 1.56 bits per heavy atom. The van der Waals surface area contributed by atoms with E-state index in [0.29, 0.717) is 12.1 Å². The van der Waals surface area contributed by atoms with E-state index in [9.17, 15) is 22.4 Å². The summed E-state index contributed by atoms with van der Waals surface area (Å²) in [5.41, 5.74) is 0.275. The number of nitrogens with one attached hydrogen (secondary N) is 2. The van der Waals surface area contributed by atoms with Crippen LogP contribution in [0.25, 0.3) is 0 Å². The van der Waals surface area contributed by atoms with Gasteiger partial charge in [-0.1, -0.05) is 30.3 Å². The molecule has 1 aliphatic carbocycles. The lowest BCUT2D eigenvalue weighted by Gasteiger charge is -2.20. The van der Waals surface area contributed by atoms with E-state index in [1.54, 1.807) is 0 Å². The molecule has 0 aromatic heterocycles. The molecule has 0 spiro atoms. The summed E-state index contributed by atoms with van der Waals surface area (Å²) in [6.07, 6.45) is 0.379. The third kappa shape index (κ3) is 4.51. The summed E-state index contributed by atoms with van der Waals surface area (Å²) in [5.74, 6) is -1.66. The number of anilines is 1. The summed E-state index contributed by atoms with van der Waals surface area (Å²) in [6.45, 7) is 0. The van der Waals surface area contributed by atoms with Crippen molar-refractivity contribution in [1.82, 2.24) is 5.32 Å². The predicted octanol–water partition coefficient (Wildman–Crippen LogP) is 4.05. The summed E-state index contributed by atoms with van der Waals surface area (Å²) in [4.78, 5) is 26.0. The molecule has 0 aliphatic heterocycles. The summed E-state index contributed by atoms with van der Waals surface area (Å²) in [7, 11) is 1.44. The molecule has 164 valence electrons.